The van der Waals surface area contributed by atoms with Gasteiger partial charge in [0, 0.05) is 19.1 Å². The van der Waals surface area contributed by atoms with E-state index < -0.39 is 5.54 Å². The standard InChI is InChI=1S/C32H51N3O2/c1-26(2)25-29-30(36)35(28-18-12-4-3-5-13-19-28)32(31(37)33-29)20-23-34(24-21-32)22-14-7-6-9-15-27-16-10-8-11-17-27/h8,10-11,16-17,26,28-29H,3-7,9,12-15,18-25H2,1-2H3,(H,33,37)/t29-/m0/s1. The second kappa shape index (κ2) is 13.8. The van der Waals surface area contributed by atoms with E-state index in [1.54, 1.807) is 0 Å². The molecule has 3 aliphatic rings. The van der Waals surface area contributed by atoms with Gasteiger partial charge in [0.05, 0.1) is 0 Å². The zero-order chi connectivity index (χ0) is 26.1. The van der Waals surface area contributed by atoms with Crippen LogP contribution in [-0.2, 0) is 16.0 Å². The van der Waals surface area contributed by atoms with Crippen LogP contribution in [-0.4, -0.2) is 58.9 Å². The first kappa shape index (κ1) is 28.1. The summed E-state index contributed by atoms with van der Waals surface area (Å²) in [6.07, 6.45) is 16.8. The lowest BCUT2D eigenvalue weighted by Crippen LogP contribution is -2.74. The third-order valence-electron chi connectivity index (χ3n) is 9.09. The van der Waals surface area contributed by atoms with Crippen LogP contribution in [0.2, 0.25) is 0 Å². The summed E-state index contributed by atoms with van der Waals surface area (Å²) in [5, 5.41) is 3.20. The molecule has 206 valence electrons. The highest BCUT2D eigenvalue weighted by atomic mass is 16.2. The largest absolute Gasteiger partial charge is 0.342 e. The predicted molar refractivity (Wildman–Crippen MR) is 151 cm³/mol. The number of hydrogen-bond acceptors (Lipinski definition) is 3. The van der Waals surface area contributed by atoms with E-state index in [1.165, 1.54) is 69.8 Å². The van der Waals surface area contributed by atoms with E-state index in [1.807, 2.05) is 0 Å². The van der Waals surface area contributed by atoms with Crippen molar-refractivity contribution >= 4 is 11.8 Å². The van der Waals surface area contributed by atoms with Gasteiger partial charge in [-0.3, -0.25) is 9.59 Å². The number of unbranched alkanes of at least 4 members (excludes halogenated alkanes) is 3. The molecule has 1 aromatic carbocycles. The van der Waals surface area contributed by atoms with Crippen LogP contribution < -0.4 is 5.32 Å². The van der Waals surface area contributed by atoms with E-state index in [4.69, 9.17) is 0 Å². The number of aryl methyl sites for hydroxylation is 1. The van der Waals surface area contributed by atoms with Crippen LogP contribution in [0.5, 0.6) is 0 Å². The number of nitrogens with one attached hydrogen (secondary N) is 1. The van der Waals surface area contributed by atoms with E-state index in [9.17, 15) is 9.59 Å². The molecule has 1 aliphatic carbocycles. The maximum absolute atomic E-state index is 13.9. The van der Waals surface area contributed by atoms with Gasteiger partial charge in [-0.1, -0.05) is 89.1 Å². The number of nitrogens with zero attached hydrogens (tertiary/aromatic N) is 2. The van der Waals surface area contributed by atoms with Crippen molar-refractivity contribution in [3.63, 3.8) is 0 Å². The van der Waals surface area contributed by atoms with Crippen LogP contribution in [0.4, 0.5) is 0 Å². The fourth-order valence-corrected chi connectivity index (χ4v) is 6.97. The first-order valence-electron chi connectivity index (χ1n) is 15.4. The number of carbonyl (C=O) groups is 2. The Morgan fingerprint density at radius 3 is 2.22 bits per heavy atom. The molecule has 2 saturated heterocycles. The SMILES string of the molecule is CC(C)C[C@@H]1NC(=O)C2(CCN(CCCCCCc3ccccc3)CC2)N(C2CCCCCCC2)C1=O. The Kier molecular flexibility index (Phi) is 10.5. The van der Waals surface area contributed by atoms with E-state index in [-0.39, 0.29) is 23.9 Å². The number of amides is 2. The van der Waals surface area contributed by atoms with Gasteiger partial charge < -0.3 is 15.1 Å². The summed E-state index contributed by atoms with van der Waals surface area (Å²) in [7, 11) is 0. The molecule has 0 aromatic heterocycles. The summed E-state index contributed by atoms with van der Waals surface area (Å²) >= 11 is 0. The van der Waals surface area contributed by atoms with Gasteiger partial charge in [0.2, 0.25) is 11.8 Å². The molecule has 2 heterocycles. The zero-order valence-corrected chi connectivity index (χ0v) is 23.6. The van der Waals surface area contributed by atoms with E-state index >= 15 is 0 Å². The van der Waals surface area contributed by atoms with Gasteiger partial charge in [0.25, 0.3) is 0 Å². The van der Waals surface area contributed by atoms with Crippen molar-refractivity contribution in [3.05, 3.63) is 35.9 Å². The van der Waals surface area contributed by atoms with Crippen molar-refractivity contribution in [2.24, 2.45) is 5.92 Å². The average molecular weight is 510 g/mol. The van der Waals surface area contributed by atoms with Gasteiger partial charge in [-0.25, -0.2) is 0 Å². The first-order chi connectivity index (χ1) is 18.0. The number of hydrogen-bond donors (Lipinski definition) is 1. The summed E-state index contributed by atoms with van der Waals surface area (Å²) in [4.78, 5) is 32.4. The molecular formula is C32H51N3O2. The molecule has 0 radical (unpaired) electrons. The molecule has 0 bridgehead atoms. The Labute approximate surface area is 225 Å². The molecule has 1 saturated carbocycles. The van der Waals surface area contributed by atoms with Gasteiger partial charge in [0.1, 0.15) is 11.6 Å². The Morgan fingerprint density at radius 2 is 1.54 bits per heavy atom. The monoisotopic (exact) mass is 509 g/mol. The molecule has 5 nitrogen and oxygen atoms in total. The van der Waals surface area contributed by atoms with Gasteiger partial charge >= 0.3 is 0 Å². The maximum Gasteiger partial charge on any atom is 0.246 e. The highest BCUT2D eigenvalue weighted by Gasteiger charge is 2.55. The van der Waals surface area contributed by atoms with Gasteiger partial charge in [-0.05, 0) is 69.4 Å². The third-order valence-corrected chi connectivity index (χ3v) is 9.09. The van der Waals surface area contributed by atoms with Crippen molar-refractivity contribution in [2.45, 2.75) is 128 Å². The quantitative estimate of drug-likeness (QED) is 0.387. The first-order valence-corrected chi connectivity index (χ1v) is 15.4. The normalized spacial score (nSPS) is 23.8. The summed E-state index contributed by atoms with van der Waals surface area (Å²) in [5.74, 6) is 0.711. The molecule has 1 spiro atoms. The lowest BCUT2D eigenvalue weighted by molar-refractivity contribution is -0.166. The summed E-state index contributed by atoms with van der Waals surface area (Å²) in [6, 6.07) is 10.7. The lowest BCUT2D eigenvalue weighted by atomic mass is 9.78. The van der Waals surface area contributed by atoms with E-state index in [0.29, 0.717) is 5.92 Å². The number of benzene rings is 1. The van der Waals surface area contributed by atoms with Crippen LogP contribution >= 0.6 is 0 Å². The van der Waals surface area contributed by atoms with Crippen LogP contribution in [0.25, 0.3) is 0 Å². The second-order valence-corrected chi connectivity index (χ2v) is 12.4. The fourth-order valence-electron chi connectivity index (χ4n) is 6.97. The molecule has 2 aliphatic heterocycles. The predicted octanol–water partition coefficient (Wildman–Crippen LogP) is 6.11. The molecule has 0 unspecified atom stereocenters. The highest BCUT2D eigenvalue weighted by Crippen LogP contribution is 2.38. The Balaban J connectivity index is 1.32. The topological polar surface area (TPSA) is 52.7 Å². The summed E-state index contributed by atoms with van der Waals surface area (Å²) in [5.41, 5.74) is 0.800. The molecule has 5 heteroatoms. The zero-order valence-electron chi connectivity index (χ0n) is 23.6. The second-order valence-electron chi connectivity index (χ2n) is 12.4. The molecule has 4 rings (SSSR count). The Morgan fingerprint density at radius 1 is 0.892 bits per heavy atom. The summed E-state index contributed by atoms with van der Waals surface area (Å²) < 4.78 is 0. The smallest absolute Gasteiger partial charge is 0.246 e. The number of piperazine rings is 1. The van der Waals surface area contributed by atoms with Crippen LogP contribution in [0.15, 0.2) is 30.3 Å². The number of rotatable bonds is 10. The van der Waals surface area contributed by atoms with Gasteiger partial charge in [0.15, 0.2) is 0 Å². The van der Waals surface area contributed by atoms with Crippen molar-refractivity contribution in [1.82, 2.24) is 15.1 Å². The summed E-state index contributed by atoms with van der Waals surface area (Å²) in [6.45, 7) is 7.23. The van der Waals surface area contributed by atoms with Crippen molar-refractivity contribution < 1.29 is 9.59 Å². The van der Waals surface area contributed by atoms with Crippen molar-refractivity contribution in [2.75, 3.05) is 19.6 Å². The van der Waals surface area contributed by atoms with Gasteiger partial charge in [-0.2, -0.15) is 0 Å². The molecular weight excluding hydrogens is 458 g/mol. The molecule has 2 amide bonds. The molecule has 1 aromatic rings. The van der Waals surface area contributed by atoms with Crippen LogP contribution in [0.1, 0.15) is 109 Å². The van der Waals surface area contributed by atoms with E-state index in [2.05, 4.69) is 59.3 Å². The molecule has 1 atom stereocenters. The van der Waals surface area contributed by atoms with E-state index in [0.717, 1.165) is 51.7 Å². The minimum absolute atomic E-state index is 0.125. The third kappa shape index (κ3) is 7.37. The lowest BCUT2D eigenvalue weighted by Gasteiger charge is -2.54. The molecule has 1 N–H and O–H groups in total. The average Bonchev–Trinajstić information content (AvgIpc) is 2.87. The minimum Gasteiger partial charge on any atom is -0.342 e. The van der Waals surface area contributed by atoms with Gasteiger partial charge in [-0.15, -0.1) is 0 Å². The minimum atomic E-state index is -0.638. The van der Waals surface area contributed by atoms with Crippen LogP contribution in [0.3, 0.4) is 0 Å². The highest BCUT2D eigenvalue weighted by molar-refractivity contribution is 6.00. The Hall–Kier alpha value is -1.88. The van der Waals surface area contributed by atoms with Crippen molar-refractivity contribution in [1.29, 1.82) is 0 Å². The number of piperidine rings is 1. The number of carbonyl (C=O) groups excluding carboxylic acids is 2. The van der Waals surface area contributed by atoms with Crippen molar-refractivity contribution in [3.8, 4) is 0 Å². The van der Waals surface area contributed by atoms with Crippen LogP contribution in [0, 0.1) is 5.92 Å². The number of likely N-dealkylation sites (tertiary alicyclic amines) is 1. The Bertz CT molecular complexity index is 839. The fraction of sp³-hybridized carbons (Fsp3) is 0.750. The molecule has 37 heavy (non-hydrogen) atoms. The molecule has 3 fully saturated rings. The maximum atomic E-state index is 13.9.